The van der Waals surface area contributed by atoms with Gasteiger partial charge in [0, 0.05) is 0 Å². The first kappa shape index (κ1) is 23.7. The third-order valence-electron chi connectivity index (χ3n) is 7.68. The van der Waals surface area contributed by atoms with E-state index in [0.29, 0.717) is 18.4 Å². The molecule has 0 aliphatic carbocycles. The van der Waals surface area contributed by atoms with Gasteiger partial charge in [-0.1, -0.05) is 31.2 Å². The summed E-state index contributed by atoms with van der Waals surface area (Å²) in [6.45, 7) is 5.43. The zero-order valence-electron chi connectivity index (χ0n) is 20.1. The molecule has 6 atom stereocenters. The Morgan fingerprint density at radius 2 is 2.11 bits per heavy atom. The second kappa shape index (κ2) is 8.87. The lowest BCUT2D eigenvalue weighted by Crippen LogP contribution is -2.59. The van der Waals surface area contributed by atoms with E-state index in [4.69, 9.17) is 9.47 Å². The highest BCUT2D eigenvalue weighted by atomic mass is 16.6. The van der Waals surface area contributed by atoms with Crippen LogP contribution in [0, 0.1) is 17.8 Å². The van der Waals surface area contributed by atoms with Crippen LogP contribution in [0.5, 0.6) is 0 Å². The third-order valence-corrected chi connectivity index (χ3v) is 7.68. The highest BCUT2D eigenvalue weighted by molar-refractivity contribution is 5.98. The number of nitrogens with one attached hydrogen (secondary N) is 1. The van der Waals surface area contributed by atoms with Gasteiger partial charge in [0.15, 0.2) is 0 Å². The first-order chi connectivity index (χ1) is 16.8. The molecule has 2 N–H and O–H groups in total. The van der Waals surface area contributed by atoms with E-state index < -0.39 is 47.5 Å². The van der Waals surface area contributed by atoms with Crippen LogP contribution in [0.2, 0.25) is 0 Å². The fourth-order valence-corrected chi connectivity index (χ4v) is 6.16. The molecule has 35 heavy (non-hydrogen) atoms. The van der Waals surface area contributed by atoms with Crippen LogP contribution in [0.3, 0.4) is 0 Å². The van der Waals surface area contributed by atoms with E-state index in [0.717, 1.165) is 5.52 Å². The minimum Gasteiger partial charge on any atom is -0.466 e. The van der Waals surface area contributed by atoms with Crippen LogP contribution in [0.1, 0.15) is 33.6 Å². The number of ether oxygens (including phenoxy) is 2. The van der Waals surface area contributed by atoms with Gasteiger partial charge in [-0.05, 0) is 37.8 Å². The van der Waals surface area contributed by atoms with Crippen molar-refractivity contribution in [2.24, 2.45) is 17.8 Å². The molecule has 3 aliphatic heterocycles. The van der Waals surface area contributed by atoms with E-state index in [1.165, 1.54) is 4.90 Å². The molecule has 0 radical (unpaired) electrons. The van der Waals surface area contributed by atoms with Crippen LogP contribution in [0.15, 0.2) is 24.3 Å². The number of aliphatic hydroxyl groups excluding tert-OH is 1. The van der Waals surface area contributed by atoms with Gasteiger partial charge in [-0.15, -0.1) is 5.10 Å². The number of likely N-dealkylation sites (tertiary alicyclic amines) is 1. The Hall–Kier alpha value is -3.05. The lowest BCUT2D eigenvalue weighted by atomic mass is 9.71. The fourth-order valence-electron chi connectivity index (χ4n) is 6.16. The normalized spacial score (nSPS) is 30.2. The minimum atomic E-state index is -1.14. The van der Waals surface area contributed by atoms with Crippen LogP contribution in [-0.2, 0) is 30.5 Å². The Balaban J connectivity index is 1.48. The van der Waals surface area contributed by atoms with Gasteiger partial charge in [-0.3, -0.25) is 14.4 Å². The van der Waals surface area contributed by atoms with E-state index in [-0.39, 0.29) is 31.7 Å². The first-order valence-electron chi connectivity index (χ1n) is 12.2. The maximum atomic E-state index is 13.8. The van der Waals surface area contributed by atoms with Crippen molar-refractivity contribution >= 4 is 28.8 Å². The number of carbonyl (C=O) groups is 3. The molecule has 1 spiro atoms. The maximum absolute atomic E-state index is 13.8. The Labute approximate surface area is 202 Å². The predicted molar refractivity (Wildman–Crippen MR) is 122 cm³/mol. The van der Waals surface area contributed by atoms with Crippen molar-refractivity contribution in [2.45, 2.75) is 64.1 Å². The zero-order valence-corrected chi connectivity index (χ0v) is 20.1. The number of amides is 2. The van der Waals surface area contributed by atoms with Crippen molar-refractivity contribution < 1.29 is 29.0 Å². The van der Waals surface area contributed by atoms with Gasteiger partial charge in [0.05, 0.1) is 42.7 Å². The van der Waals surface area contributed by atoms with E-state index >= 15 is 0 Å². The van der Waals surface area contributed by atoms with Crippen molar-refractivity contribution in [3.63, 3.8) is 0 Å². The summed E-state index contributed by atoms with van der Waals surface area (Å²) in [5.41, 5.74) is 0.322. The molecule has 2 aromatic rings. The fraction of sp³-hybridized carbons (Fsp3) is 0.625. The summed E-state index contributed by atoms with van der Waals surface area (Å²) >= 11 is 0. The van der Waals surface area contributed by atoms with Gasteiger partial charge in [0.2, 0.25) is 11.8 Å². The smallest absolute Gasteiger partial charge is 0.312 e. The van der Waals surface area contributed by atoms with Crippen LogP contribution in [0.25, 0.3) is 11.0 Å². The van der Waals surface area contributed by atoms with E-state index in [9.17, 15) is 19.5 Å². The highest BCUT2D eigenvalue weighted by Gasteiger charge is 2.75. The topological polar surface area (TPSA) is 136 Å². The van der Waals surface area contributed by atoms with Crippen molar-refractivity contribution in [1.29, 1.82) is 0 Å². The molecule has 1 aromatic carbocycles. The molecular weight excluding hydrogens is 454 g/mol. The SMILES string of the molecule is CCOC(=O)[C@@H]1[C@@H]2CCC3(O2)C(C(=O)NCn2nnc4ccccc42)N([C@@H](CO)C(C)C)C(=O)[C@H]13. The third kappa shape index (κ3) is 3.51. The maximum Gasteiger partial charge on any atom is 0.312 e. The number of rotatable bonds is 8. The number of benzene rings is 1. The molecular formula is C24H31N5O6. The van der Waals surface area contributed by atoms with E-state index in [1.54, 1.807) is 11.6 Å². The Morgan fingerprint density at radius 1 is 1.34 bits per heavy atom. The van der Waals surface area contributed by atoms with Gasteiger partial charge < -0.3 is 24.8 Å². The van der Waals surface area contributed by atoms with Crippen molar-refractivity contribution in [2.75, 3.05) is 13.2 Å². The average Bonchev–Trinajstić information content (AvgIpc) is 3.58. The summed E-state index contributed by atoms with van der Waals surface area (Å²) in [4.78, 5) is 41.9. The Kier molecular flexibility index (Phi) is 6.00. The second-order valence-electron chi connectivity index (χ2n) is 9.82. The quantitative estimate of drug-likeness (QED) is 0.515. The molecule has 11 heteroatoms. The van der Waals surface area contributed by atoms with E-state index in [1.807, 2.05) is 38.1 Å². The van der Waals surface area contributed by atoms with Crippen molar-refractivity contribution in [1.82, 2.24) is 25.2 Å². The van der Waals surface area contributed by atoms with E-state index in [2.05, 4.69) is 15.6 Å². The van der Waals surface area contributed by atoms with Crippen molar-refractivity contribution in [3.05, 3.63) is 24.3 Å². The number of carbonyl (C=O) groups excluding carboxylic acids is 3. The number of fused-ring (bicyclic) bond motifs is 2. The standard InChI is InChI=1S/C24H31N5O6/c1-4-34-23(33)18-17-9-10-24(35-17)19(18)22(32)29(16(11-30)13(2)3)20(24)21(31)25-12-28-15-8-6-5-7-14(15)26-27-28/h5-8,13,16-20,30H,4,9-12H2,1-3H3,(H,25,31)/t16-,17-,18+,19-,20?,24?/m0/s1. The monoisotopic (exact) mass is 485 g/mol. The Morgan fingerprint density at radius 3 is 2.83 bits per heavy atom. The number of para-hydroxylation sites is 1. The molecule has 3 aliphatic rings. The molecule has 5 rings (SSSR count). The van der Waals surface area contributed by atoms with Crippen LogP contribution < -0.4 is 5.32 Å². The van der Waals surface area contributed by atoms with Gasteiger partial charge >= 0.3 is 5.97 Å². The summed E-state index contributed by atoms with van der Waals surface area (Å²) < 4.78 is 13.2. The summed E-state index contributed by atoms with van der Waals surface area (Å²) in [5, 5.41) is 21.3. The zero-order chi connectivity index (χ0) is 24.9. The molecule has 2 amide bonds. The number of esters is 1. The van der Waals surface area contributed by atoms with Gasteiger partial charge in [0.1, 0.15) is 23.8 Å². The molecule has 188 valence electrons. The molecule has 1 aromatic heterocycles. The minimum absolute atomic E-state index is 0.0504. The predicted octanol–water partition coefficient (Wildman–Crippen LogP) is 0.460. The molecule has 11 nitrogen and oxygen atoms in total. The molecule has 2 unspecified atom stereocenters. The lowest BCUT2D eigenvalue weighted by molar-refractivity contribution is -0.155. The van der Waals surface area contributed by atoms with Gasteiger partial charge in [0.25, 0.3) is 0 Å². The largest absolute Gasteiger partial charge is 0.466 e. The van der Waals surface area contributed by atoms with Crippen LogP contribution >= 0.6 is 0 Å². The lowest BCUT2D eigenvalue weighted by Gasteiger charge is -2.38. The second-order valence-corrected chi connectivity index (χ2v) is 9.82. The molecule has 3 saturated heterocycles. The Bertz CT molecular complexity index is 1150. The van der Waals surface area contributed by atoms with Crippen molar-refractivity contribution in [3.8, 4) is 0 Å². The number of nitrogens with zero attached hydrogens (tertiary/aromatic N) is 4. The van der Waals surface area contributed by atoms with Crippen LogP contribution in [0.4, 0.5) is 0 Å². The molecule has 3 fully saturated rings. The van der Waals surface area contributed by atoms with Gasteiger partial charge in [-0.25, -0.2) is 4.68 Å². The number of hydrogen-bond acceptors (Lipinski definition) is 8. The summed E-state index contributed by atoms with van der Waals surface area (Å²) in [6, 6.07) is 5.81. The highest BCUT2D eigenvalue weighted by Crippen LogP contribution is 2.59. The summed E-state index contributed by atoms with van der Waals surface area (Å²) in [5.74, 6) is -2.93. The summed E-state index contributed by atoms with van der Waals surface area (Å²) in [7, 11) is 0. The molecule has 2 bridgehead atoms. The molecule has 4 heterocycles. The number of hydrogen-bond donors (Lipinski definition) is 2. The van der Waals surface area contributed by atoms with Gasteiger partial charge in [-0.2, -0.15) is 0 Å². The number of aliphatic hydroxyl groups is 1. The number of aromatic nitrogens is 3. The van der Waals surface area contributed by atoms with Crippen LogP contribution in [-0.4, -0.2) is 79.8 Å². The summed E-state index contributed by atoms with van der Waals surface area (Å²) in [6.07, 6.45) is 0.567. The molecule has 0 saturated carbocycles. The average molecular weight is 486 g/mol. The first-order valence-corrected chi connectivity index (χ1v) is 12.2.